The average molecular weight is 243 g/mol. The van der Waals surface area contributed by atoms with E-state index in [2.05, 4.69) is 5.32 Å². The predicted octanol–water partition coefficient (Wildman–Crippen LogP) is 0.0675. The summed E-state index contributed by atoms with van der Waals surface area (Å²) in [6, 6.07) is -0.281. The molecule has 98 valence electrons. The van der Waals surface area contributed by atoms with Gasteiger partial charge in [-0.3, -0.25) is 4.79 Å². The van der Waals surface area contributed by atoms with Gasteiger partial charge in [-0.2, -0.15) is 0 Å². The summed E-state index contributed by atoms with van der Waals surface area (Å²) in [5.74, 6) is 0.131. The molecule has 0 aromatic rings. The molecule has 5 nitrogen and oxygen atoms in total. The first-order chi connectivity index (χ1) is 8.07. The highest BCUT2D eigenvalue weighted by molar-refractivity contribution is 5.76. The Kier molecular flexibility index (Phi) is 3.70. The van der Waals surface area contributed by atoms with Crippen molar-refractivity contribution in [3.8, 4) is 0 Å². The Morgan fingerprint density at radius 2 is 2.35 bits per heavy atom. The zero-order valence-electron chi connectivity index (χ0n) is 10.4. The topological polar surface area (TPSA) is 67.8 Å². The normalized spacial score (nSPS) is 34.6. The van der Waals surface area contributed by atoms with E-state index in [1.165, 1.54) is 7.11 Å². The van der Waals surface area contributed by atoms with E-state index in [9.17, 15) is 9.90 Å². The third kappa shape index (κ3) is 2.78. The Morgan fingerprint density at radius 1 is 1.65 bits per heavy atom. The summed E-state index contributed by atoms with van der Waals surface area (Å²) in [7, 11) is 1.40. The number of aliphatic hydroxyl groups is 1. The van der Waals surface area contributed by atoms with Crippen LogP contribution in [0.2, 0.25) is 0 Å². The Bertz CT molecular complexity index is 292. The second-order valence-corrected chi connectivity index (χ2v) is 5.09. The number of nitrogens with one attached hydrogen (secondary N) is 1. The fourth-order valence-electron chi connectivity index (χ4n) is 2.29. The maximum Gasteiger partial charge on any atom is 0.323 e. The summed E-state index contributed by atoms with van der Waals surface area (Å²) >= 11 is 0. The lowest BCUT2D eigenvalue weighted by Crippen LogP contribution is -2.51. The first-order valence-corrected chi connectivity index (χ1v) is 6.22. The predicted molar refractivity (Wildman–Crippen MR) is 61.5 cm³/mol. The zero-order valence-corrected chi connectivity index (χ0v) is 10.4. The maximum absolute atomic E-state index is 11.6. The fourth-order valence-corrected chi connectivity index (χ4v) is 2.29. The minimum atomic E-state index is -0.860. The van der Waals surface area contributed by atoms with Crippen LogP contribution in [0.3, 0.4) is 0 Å². The van der Waals surface area contributed by atoms with Crippen LogP contribution in [-0.2, 0) is 14.3 Å². The minimum absolute atomic E-state index is 0.188. The van der Waals surface area contributed by atoms with Crippen molar-refractivity contribution >= 4 is 5.97 Å². The highest BCUT2D eigenvalue weighted by atomic mass is 16.5. The van der Waals surface area contributed by atoms with Gasteiger partial charge in [0.1, 0.15) is 11.6 Å². The molecule has 2 fully saturated rings. The van der Waals surface area contributed by atoms with Gasteiger partial charge < -0.3 is 19.9 Å². The number of hydrogen-bond donors (Lipinski definition) is 2. The van der Waals surface area contributed by atoms with Crippen LogP contribution in [0.5, 0.6) is 0 Å². The molecule has 17 heavy (non-hydrogen) atoms. The molecule has 2 rings (SSSR count). The first kappa shape index (κ1) is 12.8. The third-order valence-corrected chi connectivity index (χ3v) is 3.84. The van der Waals surface area contributed by atoms with E-state index in [0.717, 1.165) is 12.8 Å². The maximum atomic E-state index is 11.6. The lowest BCUT2D eigenvalue weighted by Gasteiger charge is -2.28. The summed E-state index contributed by atoms with van der Waals surface area (Å²) < 4.78 is 10.1. The molecule has 1 aliphatic carbocycles. The lowest BCUT2D eigenvalue weighted by molar-refractivity contribution is -0.144. The summed E-state index contributed by atoms with van der Waals surface area (Å²) in [5, 5.41) is 13.5. The Balaban J connectivity index is 1.88. The van der Waals surface area contributed by atoms with Gasteiger partial charge in [-0.1, -0.05) is 0 Å². The van der Waals surface area contributed by atoms with Gasteiger partial charge >= 0.3 is 5.97 Å². The number of carbonyl (C=O) groups is 1. The third-order valence-electron chi connectivity index (χ3n) is 3.84. The molecular weight excluding hydrogens is 222 g/mol. The van der Waals surface area contributed by atoms with Crippen molar-refractivity contribution < 1.29 is 19.4 Å². The molecule has 3 atom stereocenters. The molecule has 2 aliphatic rings. The van der Waals surface area contributed by atoms with Crippen molar-refractivity contribution in [1.82, 2.24) is 5.32 Å². The number of esters is 1. The van der Waals surface area contributed by atoms with Crippen molar-refractivity contribution in [2.45, 2.75) is 43.9 Å². The van der Waals surface area contributed by atoms with E-state index >= 15 is 0 Å². The van der Waals surface area contributed by atoms with E-state index in [4.69, 9.17) is 9.47 Å². The number of carbonyl (C=O) groups excluding carboxylic acids is 1. The molecule has 0 aromatic carbocycles. The number of ether oxygens (including phenoxy) is 2. The van der Waals surface area contributed by atoms with E-state index in [-0.39, 0.29) is 18.1 Å². The molecule has 5 heteroatoms. The molecule has 2 N–H and O–H groups in total. The highest BCUT2D eigenvalue weighted by Gasteiger charge is 2.42. The van der Waals surface area contributed by atoms with Crippen LogP contribution in [0.1, 0.15) is 26.2 Å². The van der Waals surface area contributed by atoms with Crippen molar-refractivity contribution in [3.05, 3.63) is 0 Å². The van der Waals surface area contributed by atoms with Gasteiger partial charge in [0.25, 0.3) is 0 Å². The highest BCUT2D eigenvalue weighted by Crippen LogP contribution is 2.34. The van der Waals surface area contributed by atoms with Gasteiger partial charge in [-0.15, -0.1) is 0 Å². The number of methoxy groups -OCH3 is 1. The van der Waals surface area contributed by atoms with Crippen LogP contribution in [-0.4, -0.2) is 49.1 Å². The molecule has 1 saturated heterocycles. The van der Waals surface area contributed by atoms with Crippen LogP contribution in [0.15, 0.2) is 0 Å². The second-order valence-electron chi connectivity index (χ2n) is 5.09. The first-order valence-electron chi connectivity index (χ1n) is 6.22. The van der Waals surface area contributed by atoms with Gasteiger partial charge in [0.05, 0.1) is 13.2 Å². The SMILES string of the molecule is COC(=O)C(NCC1(O)CCOC1C)C1CC1. The minimum Gasteiger partial charge on any atom is -0.468 e. The Labute approximate surface area is 101 Å². The number of hydrogen-bond acceptors (Lipinski definition) is 5. The zero-order chi connectivity index (χ0) is 12.5. The standard InChI is InChI=1S/C12H21NO4/c1-8-12(15,5-6-17-8)7-13-10(9-3-4-9)11(14)16-2/h8-10,13,15H,3-7H2,1-2H3. The van der Waals surface area contributed by atoms with Crippen molar-refractivity contribution in [2.24, 2.45) is 5.92 Å². The van der Waals surface area contributed by atoms with E-state index in [1.54, 1.807) is 0 Å². The monoisotopic (exact) mass is 243 g/mol. The average Bonchev–Trinajstić information content (AvgIpc) is 3.08. The summed E-state index contributed by atoms with van der Waals surface area (Å²) in [5.41, 5.74) is -0.860. The molecule has 3 unspecified atom stereocenters. The van der Waals surface area contributed by atoms with Crippen molar-refractivity contribution in [1.29, 1.82) is 0 Å². The second kappa shape index (κ2) is 4.92. The van der Waals surface area contributed by atoms with E-state index in [1.807, 2.05) is 6.92 Å². The molecule has 0 bridgehead atoms. The smallest absolute Gasteiger partial charge is 0.323 e. The van der Waals surface area contributed by atoms with Gasteiger partial charge in [0.15, 0.2) is 0 Å². The van der Waals surface area contributed by atoms with E-state index < -0.39 is 5.60 Å². The fraction of sp³-hybridized carbons (Fsp3) is 0.917. The van der Waals surface area contributed by atoms with Crippen molar-refractivity contribution in [3.63, 3.8) is 0 Å². The van der Waals surface area contributed by atoms with Gasteiger partial charge in [-0.05, 0) is 25.7 Å². The molecular formula is C12H21NO4. The summed E-state index contributed by atoms with van der Waals surface area (Å²) in [6.45, 7) is 2.81. The van der Waals surface area contributed by atoms with Crippen LogP contribution in [0, 0.1) is 5.92 Å². The summed E-state index contributed by atoms with van der Waals surface area (Å²) in [4.78, 5) is 11.6. The number of rotatable bonds is 5. The van der Waals surface area contributed by atoms with Crippen molar-refractivity contribution in [2.75, 3.05) is 20.3 Å². The van der Waals surface area contributed by atoms with Gasteiger partial charge in [-0.25, -0.2) is 0 Å². The molecule has 1 heterocycles. The molecule has 0 amide bonds. The molecule has 0 aromatic heterocycles. The largest absolute Gasteiger partial charge is 0.468 e. The lowest BCUT2D eigenvalue weighted by atomic mass is 9.96. The van der Waals surface area contributed by atoms with Gasteiger partial charge in [0, 0.05) is 19.6 Å². The van der Waals surface area contributed by atoms with Crippen LogP contribution in [0.25, 0.3) is 0 Å². The molecule has 1 aliphatic heterocycles. The summed E-state index contributed by atoms with van der Waals surface area (Å²) in [6.07, 6.45) is 2.53. The van der Waals surface area contributed by atoms with Gasteiger partial charge in [0.2, 0.25) is 0 Å². The van der Waals surface area contributed by atoms with E-state index in [0.29, 0.717) is 25.5 Å². The van der Waals surface area contributed by atoms with Crippen LogP contribution >= 0.6 is 0 Å². The molecule has 0 radical (unpaired) electrons. The molecule has 0 spiro atoms. The Morgan fingerprint density at radius 3 is 2.82 bits per heavy atom. The quantitative estimate of drug-likeness (QED) is 0.669. The van der Waals surface area contributed by atoms with Crippen LogP contribution in [0.4, 0.5) is 0 Å². The Hall–Kier alpha value is -0.650. The van der Waals surface area contributed by atoms with Crippen LogP contribution < -0.4 is 5.32 Å². The molecule has 1 saturated carbocycles.